The van der Waals surface area contributed by atoms with Crippen LogP contribution in [0.15, 0.2) is 36.0 Å². The number of carbonyl (C=O) groups is 1. The number of piperazine rings is 1. The molecule has 0 aliphatic carbocycles. The Bertz CT molecular complexity index is 1170. The molecule has 8 nitrogen and oxygen atoms in total. The van der Waals surface area contributed by atoms with E-state index in [-0.39, 0.29) is 17.9 Å². The number of anilines is 1. The van der Waals surface area contributed by atoms with Gasteiger partial charge in [0.1, 0.15) is 11.9 Å². The van der Waals surface area contributed by atoms with Gasteiger partial charge < -0.3 is 19.7 Å². The fourth-order valence-corrected chi connectivity index (χ4v) is 5.68. The van der Waals surface area contributed by atoms with Gasteiger partial charge in [0, 0.05) is 50.6 Å². The Morgan fingerprint density at radius 2 is 2.03 bits per heavy atom. The number of thiazole rings is 1. The van der Waals surface area contributed by atoms with Gasteiger partial charge in [-0.15, -0.1) is 11.3 Å². The van der Waals surface area contributed by atoms with E-state index in [2.05, 4.69) is 44.4 Å². The maximum Gasteiger partial charge on any atom is 0.220 e. The zero-order valence-corrected chi connectivity index (χ0v) is 20.1. The molecule has 0 radical (unpaired) electrons. The first-order valence-corrected chi connectivity index (χ1v) is 12.9. The average Bonchev–Trinajstić information content (AvgIpc) is 3.48. The number of ether oxygens (including phenoxy) is 2. The largest absolute Gasteiger partial charge is 0.489 e. The second-order valence-corrected chi connectivity index (χ2v) is 10.2. The summed E-state index contributed by atoms with van der Waals surface area (Å²) in [4.78, 5) is 25.9. The molecule has 2 atom stereocenters. The molecule has 0 saturated carbocycles. The Labute approximate surface area is 202 Å². The molecule has 6 rings (SSSR count). The topological polar surface area (TPSA) is 79.8 Å². The van der Waals surface area contributed by atoms with Gasteiger partial charge in [0.15, 0.2) is 0 Å². The lowest BCUT2D eigenvalue weighted by Crippen LogP contribution is -2.56. The number of carbonyl (C=O) groups excluding carboxylic acids is 1. The maximum absolute atomic E-state index is 11.6. The van der Waals surface area contributed by atoms with Crippen LogP contribution in [0.5, 0.6) is 5.75 Å². The van der Waals surface area contributed by atoms with E-state index in [0.717, 1.165) is 72.3 Å². The van der Waals surface area contributed by atoms with Gasteiger partial charge in [-0.25, -0.2) is 4.98 Å². The third-order valence-corrected chi connectivity index (χ3v) is 8.10. The van der Waals surface area contributed by atoms with E-state index in [4.69, 9.17) is 14.5 Å². The molecular formula is C25H29N5O3S. The van der Waals surface area contributed by atoms with Crippen LogP contribution in [-0.4, -0.2) is 78.9 Å². The summed E-state index contributed by atoms with van der Waals surface area (Å²) in [6, 6.07) is 8.98. The normalized spacial score (nSPS) is 22.6. The van der Waals surface area contributed by atoms with E-state index < -0.39 is 0 Å². The smallest absolute Gasteiger partial charge is 0.220 e. The fourth-order valence-electron chi connectivity index (χ4n) is 4.95. The summed E-state index contributed by atoms with van der Waals surface area (Å²) < 4.78 is 12.7. The molecule has 3 fully saturated rings. The van der Waals surface area contributed by atoms with Gasteiger partial charge in [0.05, 0.1) is 52.6 Å². The van der Waals surface area contributed by atoms with E-state index in [0.29, 0.717) is 19.0 Å². The molecule has 5 heterocycles. The molecule has 0 spiro atoms. The van der Waals surface area contributed by atoms with Crippen LogP contribution in [0.25, 0.3) is 21.5 Å². The number of hydrogen-bond acceptors (Lipinski definition) is 8. The highest BCUT2D eigenvalue weighted by atomic mass is 32.1. The third kappa shape index (κ3) is 4.23. The molecular weight excluding hydrogens is 450 g/mol. The van der Waals surface area contributed by atoms with Crippen molar-refractivity contribution < 1.29 is 14.3 Å². The number of pyridine rings is 1. The lowest BCUT2D eigenvalue weighted by Gasteiger charge is -2.43. The lowest BCUT2D eigenvalue weighted by atomic mass is 10.0. The highest BCUT2D eigenvalue weighted by Crippen LogP contribution is 2.36. The summed E-state index contributed by atoms with van der Waals surface area (Å²) in [6.45, 7) is 8.61. The predicted molar refractivity (Wildman–Crippen MR) is 132 cm³/mol. The van der Waals surface area contributed by atoms with Crippen molar-refractivity contribution >= 4 is 33.1 Å². The van der Waals surface area contributed by atoms with Crippen molar-refractivity contribution in [3.05, 3.63) is 36.0 Å². The minimum Gasteiger partial charge on any atom is -0.489 e. The van der Waals surface area contributed by atoms with Crippen LogP contribution in [0.4, 0.5) is 5.69 Å². The van der Waals surface area contributed by atoms with Gasteiger partial charge in [-0.1, -0.05) is 0 Å². The molecule has 3 aromatic rings. The van der Waals surface area contributed by atoms with Crippen molar-refractivity contribution in [2.75, 3.05) is 50.8 Å². The Morgan fingerprint density at radius 1 is 1.18 bits per heavy atom. The van der Waals surface area contributed by atoms with Crippen molar-refractivity contribution in [1.82, 2.24) is 20.2 Å². The molecule has 9 heteroatoms. The van der Waals surface area contributed by atoms with Crippen LogP contribution in [0.1, 0.15) is 13.3 Å². The summed E-state index contributed by atoms with van der Waals surface area (Å²) >= 11 is 1.57. The monoisotopic (exact) mass is 479 g/mol. The van der Waals surface area contributed by atoms with Crippen molar-refractivity contribution in [3.63, 3.8) is 0 Å². The quantitative estimate of drug-likeness (QED) is 0.582. The Kier molecular flexibility index (Phi) is 5.84. The van der Waals surface area contributed by atoms with Crippen LogP contribution >= 0.6 is 11.3 Å². The van der Waals surface area contributed by atoms with Gasteiger partial charge in [0.2, 0.25) is 5.91 Å². The molecule has 3 aliphatic heterocycles. The summed E-state index contributed by atoms with van der Waals surface area (Å²) in [5.41, 5.74) is 5.80. The number of aromatic nitrogens is 2. The number of hydrogen-bond donors (Lipinski definition) is 1. The highest BCUT2D eigenvalue weighted by Gasteiger charge is 2.30. The summed E-state index contributed by atoms with van der Waals surface area (Å²) in [5, 5.41) is 2.90. The minimum absolute atomic E-state index is 0.0694. The molecule has 3 saturated heterocycles. The van der Waals surface area contributed by atoms with Crippen LogP contribution < -0.4 is 15.0 Å². The second kappa shape index (κ2) is 9.13. The molecule has 1 N–H and O–H groups in total. The standard InChI is InChI=1S/C25H29N5O3S/c1-16(18-10-24(31)27-11-18)33-23-9-17(8-22-25(23)34-15-28-22)21-3-2-19(12-26-21)29-4-6-30(7-5-29)20-13-32-14-20/h2-3,8-9,12,15-16,18,20H,4-7,10-11,13-14H2,1H3,(H,27,31)/t16?,18-/m1/s1. The van der Waals surface area contributed by atoms with Gasteiger partial charge >= 0.3 is 0 Å². The number of benzene rings is 1. The van der Waals surface area contributed by atoms with Crippen molar-refractivity contribution in [2.45, 2.75) is 25.5 Å². The zero-order valence-electron chi connectivity index (χ0n) is 19.3. The molecule has 0 bridgehead atoms. The van der Waals surface area contributed by atoms with Gasteiger partial charge in [-0.05, 0) is 31.2 Å². The van der Waals surface area contributed by atoms with Crippen LogP contribution in [-0.2, 0) is 9.53 Å². The molecule has 1 aromatic carbocycles. The zero-order chi connectivity index (χ0) is 23.1. The number of rotatable bonds is 6. The van der Waals surface area contributed by atoms with E-state index >= 15 is 0 Å². The molecule has 178 valence electrons. The van der Waals surface area contributed by atoms with Crippen molar-refractivity contribution in [1.29, 1.82) is 0 Å². The first-order valence-electron chi connectivity index (χ1n) is 12.0. The fraction of sp³-hybridized carbons (Fsp3) is 0.480. The molecule has 3 aliphatic rings. The van der Waals surface area contributed by atoms with E-state index in [1.54, 1.807) is 11.3 Å². The summed E-state index contributed by atoms with van der Waals surface area (Å²) in [7, 11) is 0. The molecule has 1 amide bonds. The van der Waals surface area contributed by atoms with Gasteiger partial charge in [0.25, 0.3) is 0 Å². The highest BCUT2D eigenvalue weighted by molar-refractivity contribution is 7.17. The molecule has 34 heavy (non-hydrogen) atoms. The van der Waals surface area contributed by atoms with Crippen LogP contribution in [0.2, 0.25) is 0 Å². The lowest BCUT2D eigenvalue weighted by molar-refractivity contribution is -0.119. The second-order valence-electron chi connectivity index (χ2n) is 9.38. The van der Waals surface area contributed by atoms with E-state index in [9.17, 15) is 4.79 Å². The Hall–Kier alpha value is -2.75. The third-order valence-electron chi connectivity index (χ3n) is 7.24. The number of nitrogens with one attached hydrogen (secondary N) is 1. The average molecular weight is 480 g/mol. The van der Waals surface area contributed by atoms with Crippen molar-refractivity contribution in [3.8, 4) is 17.0 Å². The number of amides is 1. The predicted octanol–water partition coefficient (Wildman–Crippen LogP) is 2.78. The SMILES string of the molecule is CC(Oc1cc(-c2ccc(N3CCN(C4COC4)CC3)cn2)cc2ncsc12)[C@H]1CNC(=O)C1. The number of fused-ring (bicyclic) bond motifs is 1. The summed E-state index contributed by atoms with van der Waals surface area (Å²) in [5.74, 6) is 1.08. The van der Waals surface area contributed by atoms with E-state index in [1.807, 2.05) is 18.6 Å². The Balaban J connectivity index is 1.19. The first-order chi connectivity index (χ1) is 16.6. The van der Waals surface area contributed by atoms with Crippen molar-refractivity contribution in [2.24, 2.45) is 5.92 Å². The van der Waals surface area contributed by atoms with Crippen LogP contribution in [0, 0.1) is 5.92 Å². The van der Waals surface area contributed by atoms with Gasteiger partial charge in [-0.3, -0.25) is 14.7 Å². The molecule has 1 unspecified atom stereocenters. The van der Waals surface area contributed by atoms with E-state index in [1.165, 1.54) is 0 Å². The Morgan fingerprint density at radius 3 is 2.71 bits per heavy atom. The maximum atomic E-state index is 11.6. The molecule has 2 aromatic heterocycles. The van der Waals surface area contributed by atoms with Crippen LogP contribution in [0.3, 0.4) is 0 Å². The minimum atomic E-state index is -0.0694. The summed E-state index contributed by atoms with van der Waals surface area (Å²) in [6.07, 6.45) is 2.42. The number of nitrogens with zero attached hydrogens (tertiary/aromatic N) is 4. The first kappa shape index (κ1) is 21.8. The van der Waals surface area contributed by atoms with Gasteiger partial charge in [-0.2, -0.15) is 0 Å².